The van der Waals surface area contributed by atoms with Crippen LogP contribution in [0.3, 0.4) is 0 Å². The van der Waals surface area contributed by atoms with Gasteiger partial charge in [0.2, 0.25) is 0 Å². The third-order valence-corrected chi connectivity index (χ3v) is 4.71. The van der Waals surface area contributed by atoms with Crippen LogP contribution in [0.5, 0.6) is 0 Å². The number of carbonyl (C=O) groups is 1. The van der Waals surface area contributed by atoms with Gasteiger partial charge in [0.25, 0.3) is 0 Å². The number of hydrogen-bond donors (Lipinski definition) is 3. The van der Waals surface area contributed by atoms with Gasteiger partial charge >= 0.3 is 5.97 Å². The Kier molecular flexibility index (Phi) is 8.69. The van der Waals surface area contributed by atoms with Gasteiger partial charge in [0.05, 0.1) is 17.8 Å². The molecular formula is C23H31N3O2. The van der Waals surface area contributed by atoms with Crippen molar-refractivity contribution >= 4 is 11.7 Å². The molecule has 0 bridgehead atoms. The van der Waals surface area contributed by atoms with Crippen LogP contribution >= 0.6 is 0 Å². The lowest BCUT2D eigenvalue weighted by Gasteiger charge is -2.26. The predicted octanol–water partition coefficient (Wildman–Crippen LogP) is 3.88. The van der Waals surface area contributed by atoms with Gasteiger partial charge in [-0.3, -0.25) is 9.78 Å². The molecule has 28 heavy (non-hydrogen) atoms. The molecule has 5 heteroatoms. The lowest BCUT2D eigenvalue weighted by Crippen LogP contribution is -2.34. The van der Waals surface area contributed by atoms with Gasteiger partial charge in [-0.15, -0.1) is 6.58 Å². The van der Waals surface area contributed by atoms with Gasteiger partial charge in [0.15, 0.2) is 0 Å². The number of aromatic nitrogens is 1. The lowest BCUT2D eigenvalue weighted by atomic mass is 9.96. The Balaban J connectivity index is 0.000000878. The van der Waals surface area contributed by atoms with Crippen molar-refractivity contribution in [1.82, 2.24) is 10.3 Å². The molecule has 0 aliphatic carbocycles. The maximum atomic E-state index is 10.9. The van der Waals surface area contributed by atoms with Crippen LogP contribution in [0.2, 0.25) is 0 Å². The van der Waals surface area contributed by atoms with Gasteiger partial charge in [0, 0.05) is 25.8 Å². The minimum absolute atomic E-state index is 0.0775. The first-order valence-electron chi connectivity index (χ1n) is 9.79. The first-order valence-corrected chi connectivity index (χ1v) is 9.79. The fourth-order valence-corrected chi connectivity index (χ4v) is 3.31. The second kappa shape index (κ2) is 11.2. The van der Waals surface area contributed by atoms with E-state index in [0.29, 0.717) is 11.8 Å². The van der Waals surface area contributed by atoms with E-state index in [2.05, 4.69) is 41.3 Å². The number of anilines is 1. The number of benzene rings is 1. The largest absolute Gasteiger partial charge is 0.481 e. The first-order chi connectivity index (χ1) is 13.5. The fourth-order valence-electron chi connectivity index (χ4n) is 3.31. The molecule has 1 aromatic heterocycles. The number of hydrogen-bond acceptors (Lipinski definition) is 4. The van der Waals surface area contributed by atoms with E-state index in [0.717, 1.165) is 43.0 Å². The number of carboxylic acids is 1. The van der Waals surface area contributed by atoms with Crippen LogP contribution in [0.1, 0.15) is 36.6 Å². The molecule has 0 spiro atoms. The van der Waals surface area contributed by atoms with Crippen LogP contribution in [0.25, 0.3) is 0 Å². The standard InChI is InChI=1S/C20H25N3O2.C3H6/c1-14(17-5-2-4-15(8-17)10-20(24)25)11-21-12-16-9-19-18(23-13-16)6-3-7-22-19;1-3-2/h2-8,14,16,21,23H,9-13H2,1H3,(H,24,25);3H,1H2,2H3/t14?,16-;/m1./s1. The summed E-state index contributed by atoms with van der Waals surface area (Å²) in [6.45, 7) is 10.2. The number of pyridine rings is 1. The van der Waals surface area contributed by atoms with E-state index in [1.807, 2.05) is 37.4 Å². The third-order valence-electron chi connectivity index (χ3n) is 4.71. The minimum Gasteiger partial charge on any atom is -0.481 e. The molecule has 0 fully saturated rings. The van der Waals surface area contributed by atoms with Crippen LogP contribution in [0.4, 0.5) is 5.69 Å². The molecule has 0 saturated carbocycles. The molecule has 2 heterocycles. The highest BCUT2D eigenvalue weighted by atomic mass is 16.4. The summed E-state index contributed by atoms with van der Waals surface area (Å²) < 4.78 is 0. The molecule has 3 rings (SSSR count). The maximum Gasteiger partial charge on any atom is 0.307 e. The van der Waals surface area contributed by atoms with Crippen LogP contribution < -0.4 is 10.6 Å². The first kappa shape index (κ1) is 21.6. The zero-order valence-electron chi connectivity index (χ0n) is 16.8. The Morgan fingerprint density at radius 1 is 1.43 bits per heavy atom. The topological polar surface area (TPSA) is 74.2 Å². The Morgan fingerprint density at radius 3 is 2.96 bits per heavy atom. The molecule has 3 N–H and O–H groups in total. The third kappa shape index (κ3) is 6.82. The summed E-state index contributed by atoms with van der Waals surface area (Å²) >= 11 is 0. The summed E-state index contributed by atoms with van der Waals surface area (Å²) in [4.78, 5) is 15.3. The van der Waals surface area contributed by atoms with Gasteiger partial charge in [0.1, 0.15) is 0 Å². The number of rotatable bonds is 7. The Morgan fingerprint density at radius 2 is 2.21 bits per heavy atom. The van der Waals surface area contributed by atoms with E-state index in [1.54, 1.807) is 6.08 Å². The van der Waals surface area contributed by atoms with Crippen LogP contribution in [-0.4, -0.2) is 35.7 Å². The molecule has 150 valence electrons. The molecule has 5 nitrogen and oxygen atoms in total. The van der Waals surface area contributed by atoms with E-state index in [-0.39, 0.29) is 6.42 Å². The van der Waals surface area contributed by atoms with Crippen LogP contribution in [0.15, 0.2) is 55.3 Å². The van der Waals surface area contributed by atoms with Gasteiger partial charge in [-0.05, 0) is 48.4 Å². The highest BCUT2D eigenvalue weighted by Crippen LogP contribution is 2.22. The van der Waals surface area contributed by atoms with Crippen LogP contribution in [-0.2, 0) is 17.6 Å². The van der Waals surface area contributed by atoms with E-state index in [4.69, 9.17) is 5.11 Å². The number of nitrogens with zero attached hydrogens (tertiary/aromatic N) is 1. The van der Waals surface area contributed by atoms with E-state index in [9.17, 15) is 4.79 Å². The molecule has 1 aliphatic rings. The summed E-state index contributed by atoms with van der Waals surface area (Å²) in [5.41, 5.74) is 4.34. The predicted molar refractivity (Wildman–Crippen MR) is 115 cm³/mol. The van der Waals surface area contributed by atoms with Crippen molar-refractivity contribution < 1.29 is 9.90 Å². The number of carboxylic acid groups (broad SMARTS) is 1. The van der Waals surface area contributed by atoms with Crippen LogP contribution in [0, 0.1) is 5.92 Å². The van der Waals surface area contributed by atoms with E-state index >= 15 is 0 Å². The highest BCUT2D eigenvalue weighted by Gasteiger charge is 2.18. The Labute approximate surface area is 167 Å². The number of aliphatic carboxylic acids is 1. The lowest BCUT2D eigenvalue weighted by molar-refractivity contribution is -0.136. The van der Waals surface area contributed by atoms with Gasteiger partial charge < -0.3 is 15.7 Å². The minimum atomic E-state index is -0.790. The van der Waals surface area contributed by atoms with E-state index < -0.39 is 5.97 Å². The molecule has 0 radical (unpaired) electrons. The monoisotopic (exact) mass is 381 g/mol. The second-order valence-electron chi connectivity index (χ2n) is 7.23. The molecular weight excluding hydrogens is 350 g/mol. The quantitative estimate of drug-likeness (QED) is 0.635. The smallest absolute Gasteiger partial charge is 0.307 e. The molecule has 1 aliphatic heterocycles. The van der Waals surface area contributed by atoms with Gasteiger partial charge in [-0.2, -0.15) is 0 Å². The Hall–Kier alpha value is -2.66. The number of fused-ring (bicyclic) bond motifs is 1. The van der Waals surface area contributed by atoms with Crippen molar-refractivity contribution in [3.8, 4) is 0 Å². The summed E-state index contributed by atoms with van der Waals surface area (Å²) in [5.74, 6) is 0.0882. The Bertz CT molecular complexity index is 776. The van der Waals surface area contributed by atoms with Gasteiger partial charge in [-0.25, -0.2) is 0 Å². The number of allylic oxidation sites excluding steroid dienone is 1. The maximum absolute atomic E-state index is 10.9. The van der Waals surface area contributed by atoms with Crippen molar-refractivity contribution in [1.29, 1.82) is 0 Å². The summed E-state index contributed by atoms with van der Waals surface area (Å²) in [5, 5.41) is 15.9. The fraction of sp³-hybridized carbons (Fsp3) is 0.391. The zero-order valence-corrected chi connectivity index (χ0v) is 16.8. The normalized spacial score (nSPS) is 16.0. The molecule has 2 atom stereocenters. The van der Waals surface area contributed by atoms with Crippen molar-refractivity contribution in [2.24, 2.45) is 5.92 Å². The van der Waals surface area contributed by atoms with E-state index in [1.165, 1.54) is 5.56 Å². The molecule has 0 saturated heterocycles. The van der Waals surface area contributed by atoms with Crippen molar-refractivity contribution in [3.63, 3.8) is 0 Å². The van der Waals surface area contributed by atoms with Crippen molar-refractivity contribution in [3.05, 3.63) is 72.1 Å². The SMILES string of the molecule is C=CC.CC(CNC[C@@H]1CNc2cccnc2C1)c1cccc(CC(=O)O)c1. The van der Waals surface area contributed by atoms with Crippen molar-refractivity contribution in [2.45, 2.75) is 32.6 Å². The molecule has 1 unspecified atom stereocenters. The average molecular weight is 382 g/mol. The molecule has 1 aromatic carbocycles. The second-order valence-corrected chi connectivity index (χ2v) is 7.23. The average Bonchev–Trinajstić information content (AvgIpc) is 2.68. The van der Waals surface area contributed by atoms with Crippen molar-refractivity contribution in [2.75, 3.05) is 25.0 Å². The molecule has 2 aromatic rings. The summed E-state index contributed by atoms with van der Waals surface area (Å²) in [7, 11) is 0. The zero-order chi connectivity index (χ0) is 20.4. The highest BCUT2D eigenvalue weighted by molar-refractivity contribution is 5.70. The summed E-state index contributed by atoms with van der Waals surface area (Å²) in [6.07, 6.45) is 4.68. The summed E-state index contributed by atoms with van der Waals surface area (Å²) in [6, 6.07) is 11.9. The molecule has 0 amide bonds. The number of nitrogens with one attached hydrogen (secondary N) is 2. The van der Waals surface area contributed by atoms with Gasteiger partial charge in [-0.1, -0.05) is 37.3 Å².